The molecule has 1 atom stereocenters. The van der Waals surface area contributed by atoms with E-state index in [1.165, 1.54) is 21.2 Å². The molecule has 0 aromatic heterocycles. The van der Waals surface area contributed by atoms with Gasteiger partial charge < -0.3 is 5.11 Å². The van der Waals surface area contributed by atoms with Crippen molar-refractivity contribution in [1.29, 1.82) is 0 Å². The Labute approximate surface area is 129 Å². The minimum atomic E-state index is -0.466. The maximum absolute atomic E-state index is 10.5. The smallest absolute Gasteiger partial charge is 0.0830 e. The zero-order chi connectivity index (χ0) is 14.7. The number of thioether (sulfide) groups is 1. The molecule has 0 spiro atoms. The first-order valence-electron chi connectivity index (χ1n) is 7.06. The first-order chi connectivity index (χ1) is 10.3. The Bertz CT molecular complexity index is 729. The van der Waals surface area contributed by atoms with Crippen LogP contribution in [0.2, 0.25) is 0 Å². The molecule has 1 nitrogen and oxygen atoms in total. The van der Waals surface area contributed by atoms with Crippen molar-refractivity contribution in [3.63, 3.8) is 0 Å². The van der Waals surface area contributed by atoms with Crippen molar-refractivity contribution in [1.82, 2.24) is 0 Å². The SMILES string of the molecule is CSc1ccc(C(O)Cc2cccc3ccccc23)cc1. The molecule has 3 aromatic rings. The summed E-state index contributed by atoms with van der Waals surface area (Å²) in [7, 11) is 0. The number of rotatable bonds is 4. The average molecular weight is 294 g/mol. The second kappa shape index (κ2) is 6.33. The standard InChI is InChI=1S/C19H18OS/c1-21-17-11-9-15(10-12-17)19(20)13-16-7-4-6-14-5-2-3-8-18(14)16/h2-12,19-20H,13H2,1H3. The molecule has 0 aliphatic heterocycles. The van der Waals surface area contributed by atoms with Gasteiger partial charge in [-0.15, -0.1) is 11.8 Å². The summed E-state index contributed by atoms with van der Waals surface area (Å²) in [5.74, 6) is 0. The summed E-state index contributed by atoms with van der Waals surface area (Å²) >= 11 is 1.71. The van der Waals surface area contributed by atoms with Crippen molar-refractivity contribution in [3.8, 4) is 0 Å². The zero-order valence-corrected chi connectivity index (χ0v) is 12.8. The van der Waals surface area contributed by atoms with Gasteiger partial charge in [-0.25, -0.2) is 0 Å². The van der Waals surface area contributed by atoms with E-state index < -0.39 is 6.10 Å². The van der Waals surface area contributed by atoms with Crippen LogP contribution in [-0.4, -0.2) is 11.4 Å². The quantitative estimate of drug-likeness (QED) is 0.695. The van der Waals surface area contributed by atoms with Crippen molar-refractivity contribution in [2.75, 3.05) is 6.26 Å². The third-order valence-corrected chi connectivity index (χ3v) is 4.54. The third-order valence-electron chi connectivity index (χ3n) is 3.79. The number of hydrogen-bond donors (Lipinski definition) is 1. The lowest BCUT2D eigenvalue weighted by molar-refractivity contribution is 0.179. The van der Waals surface area contributed by atoms with Crippen LogP contribution in [0.25, 0.3) is 10.8 Å². The Kier molecular flexibility index (Phi) is 4.28. The van der Waals surface area contributed by atoms with Crippen LogP contribution in [0.4, 0.5) is 0 Å². The zero-order valence-electron chi connectivity index (χ0n) is 12.0. The highest BCUT2D eigenvalue weighted by atomic mass is 32.2. The Hall–Kier alpha value is -1.77. The van der Waals surface area contributed by atoms with Crippen molar-refractivity contribution in [2.24, 2.45) is 0 Å². The number of aliphatic hydroxyl groups is 1. The van der Waals surface area contributed by atoms with E-state index in [0.29, 0.717) is 6.42 Å². The Morgan fingerprint density at radius 3 is 2.38 bits per heavy atom. The van der Waals surface area contributed by atoms with E-state index in [-0.39, 0.29) is 0 Å². The van der Waals surface area contributed by atoms with Crippen LogP contribution in [0, 0.1) is 0 Å². The minimum absolute atomic E-state index is 0.466. The molecule has 21 heavy (non-hydrogen) atoms. The predicted octanol–water partition coefficient (Wildman–Crippen LogP) is 4.84. The molecule has 3 rings (SSSR count). The fourth-order valence-electron chi connectivity index (χ4n) is 2.62. The van der Waals surface area contributed by atoms with E-state index in [4.69, 9.17) is 0 Å². The largest absolute Gasteiger partial charge is 0.388 e. The van der Waals surface area contributed by atoms with Gasteiger partial charge in [0.05, 0.1) is 6.10 Å². The lowest BCUT2D eigenvalue weighted by atomic mass is 9.97. The Morgan fingerprint density at radius 2 is 1.62 bits per heavy atom. The molecule has 3 aromatic carbocycles. The summed E-state index contributed by atoms with van der Waals surface area (Å²) in [6, 6.07) is 22.7. The molecule has 0 fully saturated rings. The average Bonchev–Trinajstić information content (AvgIpc) is 2.55. The van der Waals surface area contributed by atoms with Crippen molar-refractivity contribution in [3.05, 3.63) is 77.9 Å². The number of fused-ring (bicyclic) bond motifs is 1. The molecule has 0 heterocycles. The molecule has 0 radical (unpaired) electrons. The number of hydrogen-bond acceptors (Lipinski definition) is 2. The van der Waals surface area contributed by atoms with Gasteiger partial charge >= 0.3 is 0 Å². The highest BCUT2D eigenvalue weighted by Gasteiger charge is 2.10. The lowest BCUT2D eigenvalue weighted by Crippen LogP contribution is -2.02. The summed E-state index contributed by atoms with van der Waals surface area (Å²) < 4.78 is 0. The fraction of sp³-hybridized carbons (Fsp3) is 0.158. The van der Waals surface area contributed by atoms with Gasteiger partial charge in [0.15, 0.2) is 0 Å². The van der Waals surface area contributed by atoms with Gasteiger partial charge in [0.2, 0.25) is 0 Å². The Morgan fingerprint density at radius 1 is 0.905 bits per heavy atom. The van der Waals surface area contributed by atoms with Gasteiger partial charge in [0.1, 0.15) is 0 Å². The maximum atomic E-state index is 10.5. The highest BCUT2D eigenvalue weighted by Crippen LogP contribution is 2.25. The van der Waals surface area contributed by atoms with Crippen molar-refractivity contribution < 1.29 is 5.11 Å². The molecule has 0 amide bonds. The number of benzene rings is 3. The number of aliphatic hydroxyl groups excluding tert-OH is 1. The first-order valence-corrected chi connectivity index (χ1v) is 8.29. The summed E-state index contributed by atoms with van der Waals surface area (Å²) in [4.78, 5) is 1.22. The van der Waals surface area contributed by atoms with E-state index in [1.807, 2.05) is 24.3 Å². The summed E-state index contributed by atoms with van der Waals surface area (Å²) in [5, 5.41) is 12.9. The molecule has 1 N–H and O–H groups in total. The van der Waals surface area contributed by atoms with Crippen LogP contribution in [0.5, 0.6) is 0 Å². The van der Waals surface area contributed by atoms with Crippen LogP contribution in [-0.2, 0) is 6.42 Å². The van der Waals surface area contributed by atoms with Crippen LogP contribution in [0.3, 0.4) is 0 Å². The second-order valence-corrected chi connectivity index (χ2v) is 6.01. The second-order valence-electron chi connectivity index (χ2n) is 5.13. The van der Waals surface area contributed by atoms with Crippen LogP contribution in [0.15, 0.2) is 71.6 Å². The van der Waals surface area contributed by atoms with Crippen LogP contribution >= 0.6 is 11.8 Å². The maximum Gasteiger partial charge on any atom is 0.0830 e. The van der Waals surface area contributed by atoms with Gasteiger partial charge in [0.25, 0.3) is 0 Å². The predicted molar refractivity (Wildman–Crippen MR) is 90.8 cm³/mol. The highest BCUT2D eigenvalue weighted by molar-refractivity contribution is 7.98. The minimum Gasteiger partial charge on any atom is -0.388 e. The summed E-state index contributed by atoms with van der Waals surface area (Å²) in [6.07, 6.45) is 2.23. The molecule has 0 bridgehead atoms. The lowest BCUT2D eigenvalue weighted by Gasteiger charge is -2.13. The molecule has 0 saturated heterocycles. The summed E-state index contributed by atoms with van der Waals surface area (Å²) in [5.41, 5.74) is 2.16. The van der Waals surface area contributed by atoms with E-state index in [9.17, 15) is 5.11 Å². The van der Waals surface area contributed by atoms with Gasteiger partial charge in [-0.05, 0) is 40.3 Å². The van der Waals surface area contributed by atoms with Gasteiger partial charge in [-0.2, -0.15) is 0 Å². The molecular formula is C19H18OS. The fourth-order valence-corrected chi connectivity index (χ4v) is 3.03. The van der Waals surface area contributed by atoms with Gasteiger partial charge in [0, 0.05) is 11.3 Å². The normalized spacial score (nSPS) is 12.5. The van der Waals surface area contributed by atoms with E-state index >= 15 is 0 Å². The van der Waals surface area contributed by atoms with Gasteiger partial charge in [-0.3, -0.25) is 0 Å². The van der Waals surface area contributed by atoms with E-state index in [0.717, 1.165) is 5.56 Å². The first kappa shape index (κ1) is 14.2. The molecule has 0 aliphatic carbocycles. The Balaban J connectivity index is 1.87. The third kappa shape index (κ3) is 3.12. The molecule has 1 unspecified atom stereocenters. The van der Waals surface area contributed by atoms with E-state index in [1.54, 1.807) is 11.8 Å². The molecule has 0 saturated carbocycles. The monoisotopic (exact) mass is 294 g/mol. The van der Waals surface area contributed by atoms with Crippen molar-refractivity contribution >= 4 is 22.5 Å². The molecular weight excluding hydrogens is 276 g/mol. The summed E-state index contributed by atoms with van der Waals surface area (Å²) in [6.45, 7) is 0. The topological polar surface area (TPSA) is 20.2 Å². The van der Waals surface area contributed by atoms with Gasteiger partial charge in [-0.1, -0.05) is 54.6 Å². The van der Waals surface area contributed by atoms with Crippen LogP contribution < -0.4 is 0 Å². The van der Waals surface area contributed by atoms with Crippen LogP contribution in [0.1, 0.15) is 17.2 Å². The van der Waals surface area contributed by atoms with E-state index in [2.05, 4.69) is 48.7 Å². The molecule has 106 valence electrons. The molecule has 0 aliphatic rings. The molecule has 2 heteroatoms. The van der Waals surface area contributed by atoms with Crippen molar-refractivity contribution in [2.45, 2.75) is 17.4 Å².